The molecule has 9 nitrogen and oxygen atoms in total. The normalized spacial score (nSPS) is 18.1. The molecule has 4 rings (SSSR count). The summed E-state index contributed by atoms with van der Waals surface area (Å²) in [5, 5.41) is 33.6. The third kappa shape index (κ3) is 4.48. The molecular weight excluding hydrogens is 386 g/mol. The van der Waals surface area contributed by atoms with Gasteiger partial charge in [-0.3, -0.25) is 0 Å². The van der Waals surface area contributed by atoms with Crippen molar-refractivity contribution in [3.63, 3.8) is 0 Å². The van der Waals surface area contributed by atoms with Gasteiger partial charge in [-0.25, -0.2) is 4.68 Å². The van der Waals surface area contributed by atoms with E-state index in [1.807, 2.05) is 17.7 Å². The lowest BCUT2D eigenvalue weighted by molar-refractivity contribution is -0.0365. The highest BCUT2D eigenvalue weighted by Gasteiger charge is 2.23. The molecule has 0 amide bonds. The Kier molecular flexibility index (Phi) is 6.61. The Balaban J connectivity index is 1.56. The Bertz CT molecular complexity index is 964. The smallest absolute Gasteiger partial charge is 0.150 e. The van der Waals surface area contributed by atoms with E-state index in [4.69, 9.17) is 19.7 Å². The van der Waals surface area contributed by atoms with Gasteiger partial charge in [0.1, 0.15) is 17.1 Å². The van der Waals surface area contributed by atoms with Crippen LogP contribution < -0.4 is 0 Å². The van der Waals surface area contributed by atoms with Crippen molar-refractivity contribution in [3.05, 3.63) is 24.4 Å². The maximum Gasteiger partial charge on any atom is 0.150 e. The zero-order valence-corrected chi connectivity index (χ0v) is 17.3. The molecule has 0 radical (unpaired) electrons. The molecule has 1 saturated heterocycles. The number of aliphatic hydroxyl groups excluding tert-OH is 1. The average Bonchev–Trinajstić information content (AvgIpc) is 3.39. The number of hydrogen-bond donors (Lipinski definition) is 2. The second kappa shape index (κ2) is 9.55. The van der Waals surface area contributed by atoms with Crippen LogP contribution in [-0.2, 0) is 9.47 Å². The van der Waals surface area contributed by atoms with Gasteiger partial charge in [0, 0.05) is 31.8 Å². The highest BCUT2D eigenvalue weighted by Crippen LogP contribution is 2.33. The highest BCUT2D eigenvalue weighted by atomic mass is 16.5. The summed E-state index contributed by atoms with van der Waals surface area (Å²) in [4.78, 5) is 1.68. The van der Waals surface area contributed by atoms with Gasteiger partial charge in [0.15, 0.2) is 6.23 Å². The van der Waals surface area contributed by atoms with Crippen molar-refractivity contribution in [1.29, 1.82) is 0 Å². The van der Waals surface area contributed by atoms with E-state index in [0.29, 0.717) is 31.0 Å². The molecular formula is C21H29N5O4. The maximum absolute atomic E-state index is 10.0. The van der Waals surface area contributed by atoms with Crippen LogP contribution in [0.5, 0.6) is 5.75 Å². The van der Waals surface area contributed by atoms with Crippen LogP contribution >= 0.6 is 0 Å². The number of rotatable bonds is 9. The van der Waals surface area contributed by atoms with Gasteiger partial charge in [-0.15, -0.1) is 0 Å². The Morgan fingerprint density at radius 1 is 1.27 bits per heavy atom. The van der Waals surface area contributed by atoms with Gasteiger partial charge in [-0.1, -0.05) is 0 Å². The van der Waals surface area contributed by atoms with Crippen molar-refractivity contribution in [2.24, 2.45) is 0 Å². The van der Waals surface area contributed by atoms with E-state index < -0.39 is 0 Å². The lowest BCUT2D eigenvalue weighted by Gasteiger charge is -2.23. The predicted molar refractivity (Wildman–Crippen MR) is 111 cm³/mol. The van der Waals surface area contributed by atoms with Gasteiger partial charge in [-0.05, 0) is 57.2 Å². The fourth-order valence-corrected chi connectivity index (χ4v) is 3.69. The molecule has 162 valence electrons. The minimum atomic E-state index is -0.107. The van der Waals surface area contributed by atoms with E-state index in [-0.39, 0.29) is 24.6 Å². The Labute approximate surface area is 175 Å². The van der Waals surface area contributed by atoms with Crippen LogP contribution in [-0.4, -0.2) is 61.4 Å². The molecule has 2 N–H and O–H groups in total. The standard InChI is InChI=1S/C21H29N5O4/c1-15(8-12-29-10-4-9-27)26-22-14-18(23-26)21-17-13-16(28)6-7-19(17)25(24-21)20-5-2-3-11-30-20/h6-7,13-15,20,27-28H,2-5,8-12H2,1H3/t15-,20?/m0/s1. The number of nitrogens with zero attached hydrogens (tertiary/aromatic N) is 5. The van der Waals surface area contributed by atoms with Crippen LogP contribution in [0.4, 0.5) is 0 Å². The minimum Gasteiger partial charge on any atom is -0.508 e. The van der Waals surface area contributed by atoms with E-state index in [9.17, 15) is 5.11 Å². The second-order valence-electron chi connectivity index (χ2n) is 7.69. The lowest BCUT2D eigenvalue weighted by Crippen LogP contribution is -2.19. The summed E-state index contributed by atoms with van der Waals surface area (Å²) in [5.41, 5.74) is 2.26. The number of aromatic nitrogens is 5. The molecule has 0 aliphatic carbocycles. The number of ether oxygens (including phenoxy) is 2. The highest BCUT2D eigenvalue weighted by molar-refractivity contribution is 5.93. The van der Waals surface area contributed by atoms with Gasteiger partial charge >= 0.3 is 0 Å². The molecule has 1 aromatic carbocycles. The molecule has 9 heteroatoms. The first-order valence-electron chi connectivity index (χ1n) is 10.6. The fraction of sp³-hybridized carbons (Fsp3) is 0.571. The molecule has 0 spiro atoms. The molecule has 2 atom stereocenters. The summed E-state index contributed by atoms with van der Waals surface area (Å²) >= 11 is 0. The van der Waals surface area contributed by atoms with Gasteiger partial charge < -0.3 is 19.7 Å². The number of aromatic hydroxyl groups is 1. The first-order valence-corrected chi connectivity index (χ1v) is 10.6. The van der Waals surface area contributed by atoms with Crippen LogP contribution in [0, 0.1) is 0 Å². The Hall–Kier alpha value is -2.49. The minimum absolute atomic E-state index is 0.0660. The largest absolute Gasteiger partial charge is 0.508 e. The van der Waals surface area contributed by atoms with Crippen LogP contribution in [0.25, 0.3) is 22.3 Å². The molecule has 0 saturated carbocycles. The molecule has 1 aliphatic heterocycles. The monoisotopic (exact) mass is 415 g/mol. The van der Waals surface area contributed by atoms with Crippen LogP contribution in [0.2, 0.25) is 0 Å². The SMILES string of the molecule is C[C@@H](CCOCCCO)n1ncc(-c2nn(C3CCCCO3)c3ccc(O)cc23)n1. The summed E-state index contributed by atoms with van der Waals surface area (Å²) in [6, 6.07) is 5.32. The summed E-state index contributed by atoms with van der Waals surface area (Å²) < 4.78 is 13.4. The number of aliphatic hydroxyl groups is 1. The van der Waals surface area contributed by atoms with E-state index in [1.165, 1.54) is 0 Å². The van der Waals surface area contributed by atoms with Crippen LogP contribution in [0.3, 0.4) is 0 Å². The molecule has 3 aromatic rings. The average molecular weight is 415 g/mol. The molecule has 2 aromatic heterocycles. The summed E-state index contributed by atoms with van der Waals surface area (Å²) in [6.07, 6.45) is 6.10. The second-order valence-corrected chi connectivity index (χ2v) is 7.69. The summed E-state index contributed by atoms with van der Waals surface area (Å²) in [6.45, 7) is 4.05. The van der Waals surface area contributed by atoms with Crippen LogP contribution in [0.1, 0.15) is 51.3 Å². The summed E-state index contributed by atoms with van der Waals surface area (Å²) in [5.74, 6) is 0.189. The Morgan fingerprint density at radius 3 is 2.97 bits per heavy atom. The first-order chi connectivity index (χ1) is 14.7. The quantitative estimate of drug-likeness (QED) is 0.517. The number of phenolic OH excluding ortho intramolecular Hbond substituents is 1. The maximum atomic E-state index is 10.0. The molecule has 0 bridgehead atoms. The predicted octanol–water partition coefficient (Wildman–Crippen LogP) is 3.05. The topological polar surface area (TPSA) is 107 Å². The number of hydrogen-bond acceptors (Lipinski definition) is 7. The van der Waals surface area contributed by atoms with Crippen molar-refractivity contribution in [1.82, 2.24) is 24.8 Å². The van der Waals surface area contributed by atoms with Gasteiger partial charge in [-0.2, -0.15) is 20.1 Å². The first kappa shape index (κ1) is 20.8. The van der Waals surface area contributed by atoms with Crippen molar-refractivity contribution in [3.8, 4) is 17.1 Å². The molecule has 1 aliphatic rings. The van der Waals surface area contributed by atoms with E-state index in [1.54, 1.807) is 23.1 Å². The Morgan fingerprint density at radius 2 is 2.17 bits per heavy atom. The lowest BCUT2D eigenvalue weighted by atomic mass is 10.1. The van der Waals surface area contributed by atoms with Gasteiger partial charge in [0.25, 0.3) is 0 Å². The van der Waals surface area contributed by atoms with Gasteiger partial charge in [0.2, 0.25) is 0 Å². The van der Waals surface area contributed by atoms with Crippen molar-refractivity contribution < 1.29 is 19.7 Å². The molecule has 3 heterocycles. The zero-order chi connectivity index (χ0) is 20.9. The van der Waals surface area contributed by atoms with Crippen molar-refractivity contribution in [2.75, 3.05) is 26.4 Å². The third-order valence-electron chi connectivity index (χ3n) is 5.39. The number of benzene rings is 1. The number of phenols is 1. The van der Waals surface area contributed by atoms with Crippen molar-refractivity contribution >= 4 is 10.9 Å². The van der Waals surface area contributed by atoms with Crippen LogP contribution in [0.15, 0.2) is 24.4 Å². The fourth-order valence-electron chi connectivity index (χ4n) is 3.69. The third-order valence-corrected chi connectivity index (χ3v) is 5.39. The molecule has 1 fully saturated rings. The van der Waals surface area contributed by atoms with E-state index >= 15 is 0 Å². The van der Waals surface area contributed by atoms with Crippen molar-refractivity contribution in [2.45, 2.75) is 51.3 Å². The molecule has 30 heavy (non-hydrogen) atoms. The molecule has 1 unspecified atom stereocenters. The number of fused-ring (bicyclic) bond motifs is 1. The van der Waals surface area contributed by atoms with E-state index in [2.05, 4.69) is 10.2 Å². The van der Waals surface area contributed by atoms with Gasteiger partial charge in [0.05, 0.1) is 17.8 Å². The summed E-state index contributed by atoms with van der Waals surface area (Å²) in [7, 11) is 0. The zero-order valence-electron chi connectivity index (χ0n) is 17.3. The van der Waals surface area contributed by atoms with E-state index in [0.717, 1.165) is 43.2 Å².